The molecule has 2 aromatic carbocycles. The molecule has 0 saturated carbocycles. The molecule has 1 N–H and O–H groups in total. The highest BCUT2D eigenvalue weighted by Gasteiger charge is 2.33. The van der Waals surface area contributed by atoms with Crippen molar-refractivity contribution < 1.29 is 24.2 Å². The predicted octanol–water partition coefficient (Wildman–Crippen LogP) is 2.29. The first kappa shape index (κ1) is 17.4. The first-order valence-corrected chi connectivity index (χ1v) is 8.71. The van der Waals surface area contributed by atoms with Crippen molar-refractivity contribution in [3.63, 3.8) is 0 Å². The number of rotatable bonds is 4. The third kappa shape index (κ3) is 3.21. The molecule has 2 heterocycles. The van der Waals surface area contributed by atoms with Gasteiger partial charge in [-0.3, -0.25) is 4.79 Å². The first-order valence-electron chi connectivity index (χ1n) is 8.71. The van der Waals surface area contributed by atoms with Crippen molar-refractivity contribution in [2.45, 2.75) is 12.5 Å². The predicted molar refractivity (Wildman–Crippen MR) is 99.0 cm³/mol. The standard InChI is InChI=1S/C20H20N2O5/c1-25-21-15-9-16(11-23)22(10-15)20(24)14-7-5-13(6-8-14)17-3-2-4-18-19(17)27-12-26-18/h2-8,16,23H,9-12H2,1H3/b21-15+/t16-/m0/s1. The summed E-state index contributed by atoms with van der Waals surface area (Å²) in [7, 11) is 1.47. The van der Waals surface area contributed by atoms with Crippen molar-refractivity contribution in [1.82, 2.24) is 4.90 Å². The van der Waals surface area contributed by atoms with E-state index < -0.39 is 0 Å². The van der Waals surface area contributed by atoms with Gasteiger partial charge < -0.3 is 24.3 Å². The van der Waals surface area contributed by atoms with Crippen LogP contribution in [0.25, 0.3) is 11.1 Å². The second-order valence-corrected chi connectivity index (χ2v) is 6.43. The van der Waals surface area contributed by atoms with Gasteiger partial charge in [-0.05, 0) is 23.8 Å². The number of ether oxygens (including phenoxy) is 2. The summed E-state index contributed by atoms with van der Waals surface area (Å²) in [5, 5.41) is 13.5. The fraction of sp³-hybridized carbons (Fsp3) is 0.300. The monoisotopic (exact) mass is 368 g/mol. The van der Waals surface area contributed by atoms with E-state index in [1.807, 2.05) is 30.3 Å². The van der Waals surface area contributed by atoms with Crippen LogP contribution in [-0.4, -0.2) is 54.7 Å². The highest BCUT2D eigenvalue weighted by atomic mass is 16.7. The minimum atomic E-state index is -0.283. The van der Waals surface area contributed by atoms with Crippen LogP contribution in [-0.2, 0) is 4.84 Å². The van der Waals surface area contributed by atoms with Crippen LogP contribution >= 0.6 is 0 Å². The molecule has 2 aliphatic heterocycles. The highest BCUT2D eigenvalue weighted by molar-refractivity contribution is 6.00. The van der Waals surface area contributed by atoms with Crippen LogP contribution < -0.4 is 9.47 Å². The number of hydrogen-bond acceptors (Lipinski definition) is 6. The quantitative estimate of drug-likeness (QED) is 0.838. The number of hydrogen-bond donors (Lipinski definition) is 1. The fourth-order valence-electron chi connectivity index (χ4n) is 3.48. The van der Waals surface area contributed by atoms with E-state index >= 15 is 0 Å². The summed E-state index contributed by atoms with van der Waals surface area (Å²) in [4.78, 5) is 19.3. The van der Waals surface area contributed by atoms with Crippen LogP contribution in [0.1, 0.15) is 16.8 Å². The Morgan fingerprint density at radius 1 is 1.26 bits per heavy atom. The largest absolute Gasteiger partial charge is 0.454 e. The molecule has 2 aliphatic rings. The summed E-state index contributed by atoms with van der Waals surface area (Å²) < 4.78 is 11.0. The van der Waals surface area contributed by atoms with E-state index in [1.165, 1.54) is 7.11 Å². The Labute approximate surface area is 156 Å². The normalized spacial score (nSPS) is 19.6. The molecule has 1 fully saturated rings. The molecule has 1 amide bonds. The Morgan fingerprint density at radius 3 is 2.81 bits per heavy atom. The van der Waals surface area contributed by atoms with Gasteiger partial charge in [-0.15, -0.1) is 0 Å². The van der Waals surface area contributed by atoms with Crippen molar-refractivity contribution in [2.24, 2.45) is 5.16 Å². The summed E-state index contributed by atoms with van der Waals surface area (Å²) >= 11 is 0. The van der Waals surface area contributed by atoms with Crippen molar-refractivity contribution >= 4 is 11.6 Å². The van der Waals surface area contributed by atoms with Gasteiger partial charge in [-0.25, -0.2) is 0 Å². The topological polar surface area (TPSA) is 80.6 Å². The van der Waals surface area contributed by atoms with Gasteiger partial charge in [0.2, 0.25) is 6.79 Å². The number of benzene rings is 2. The van der Waals surface area contributed by atoms with E-state index in [4.69, 9.17) is 14.3 Å². The fourth-order valence-corrected chi connectivity index (χ4v) is 3.48. The lowest BCUT2D eigenvalue weighted by Gasteiger charge is -2.22. The zero-order valence-electron chi connectivity index (χ0n) is 14.9. The Morgan fingerprint density at radius 2 is 2.07 bits per heavy atom. The molecular weight excluding hydrogens is 348 g/mol. The molecule has 7 nitrogen and oxygen atoms in total. The van der Waals surface area contributed by atoms with E-state index in [0.29, 0.717) is 18.5 Å². The van der Waals surface area contributed by atoms with Gasteiger partial charge in [0.1, 0.15) is 7.11 Å². The minimum Gasteiger partial charge on any atom is -0.454 e. The van der Waals surface area contributed by atoms with E-state index in [1.54, 1.807) is 17.0 Å². The lowest BCUT2D eigenvalue weighted by molar-refractivity contribution is 0.0680. The van der Waals surface area contributed by atoms with Gasteiger partial charge in [-0.2, -0.15) is 0 Å². The van der Waals surface area contributed by atoms with E-state index in [2.05, 4.69) is 5.16 Å². The maximum atomic E-state index is 12.9. The molecule has 1 saturated heterocycles. The number of amides is 1. The maximum absolute atomic E-state index is 12.9. The van der Waals surface area contributed by atoms with Crippen LogP contribution in [0.3, 0.4) is 0 Å². The van der Waals surface area contributed by atoms with Gasteiger partial charge in [0.05, 0.1) is 24.9 Å². The first-order chi connectivity index (χ1) is 13.2. The highest BCUT2D eigenvalue weighted by Crippen LogP contribution is 2.41. The van der Waals surface area contributed by atoms with Crippen LogP contribution in [0.4, 0.5) is 0 Å². The van der Waals surface area contributed by atoms with Gasteiger partial charge >= 0.3 is 0 Å². The van der Waals surface area contributed by atoms with E-state index in [0.717, 1.165) is 28.3 Å². The van der Waals surface area contributed by atoms with Crippen molar-refractivity contribution in [2.75, 3.05) is 27.1 Å². The van der Waals surface area contributed by atoms with Gasteiger partial charge in [0.15, 0.2) is 11.5 Å². The number of nitrogens with zero attached hydrogens (tertiary/aromatic N) is 2. The lowest BCUT2D eigenvalue weighted by Crippen LogP contribution is -2.37. The van der Waals surface area contributed by atoms with Crippen LogP contribution in [0.2, 0.25) is 0 Å². The van der Waals surface area contributed by atoms with Crippen molar-refractivity contribution in [3.05, 3.63) is 48.0 Å². The average Bonchev–Trinajstić information content (AvgIpc) is 3.34. The number of para-hydroxylation sites is 1. The summed E-state index contributed by atoms with van der Waals surface area (Å²) in [5.74, 6) is 1.30. The molecule has 1 atom stereocenters. The number of carbonyl (C=O) groups is 1. The number of aliphatic hydroxyl groups excluding tert-OH is 1. The third-order valence-electron chi connectivity index (χ3n) is 4.80. The number of aliphatic hydroxyl groups is 1. The van der Waals surface area contributed by atoms with Gasteiger partial charge in [-0.1, -0.05) is 29.4 Å². The molecular formula is C20H20N2O5. The summed E-state index contributed by atoms with van der Waals surface area (Å²) in [6, 6.07) is 12.8. The molecule has 4 rings (SSSR count). The number of carbonyl (C=O) groups excluding carboxylic acids is 1. The second kappa shape index (κ2) is 7.28. The Kier molecular flexibility index (Phi) is 4.68. The molecule has 0 bridgehead atoms. The maximum Gasteiger partial charge on any atom is 0.254 e. The molecule has 0 aliphatic carbocycles. The molecule has 0 radical (unpaired) electrons. The van der Waals surface area contributed by atoms with E-state index in [9.17, 15) is 9.90 Å². The zero-order valence-corrected chi connectivity index (χ0v) is 14.9. The SMILES string of the molecule is CO/N=C1\C[C@@H](CO)N(C(=O)c2ccc(-c3cccc4c3OCO4)cc2)C1. The summed E-state index contributed by atoms with van der Waals surface area (Å²) in [6.45, 7) is 0.461. The van der Waals surface area contributed by atoms with Crippen molar-refractivity contribution in [1.29, 1.82) is 0 Å². The molecule has 0 unspecified atom stereocenters. The molecule has 2 aromatic rings. The average molecular weight is 368 g/mol. The van der Waals surface area contributed by atoms with Crippen LogP contribution in [0.5, 0.6) is 11.5 Å². The number of oxime groups is 1. The Bertz CT molecular complexity index is 878. The number of fused-ring (bicyclic) bond motifs is 1. The number of likely N-dealkylation sites (tertiary alicyclic amines) is 1. The van der Waals surface area contributed by atoms with Crippen LogP contribution in [0, 0.1) is 0 Å². The molecule has 0 aromatic heterocycles. The molecule has 7 heteroatoms. The third-order valence-corrected chi connectivity index (χ3v) is 4.80. The van der Waals surface area contributed by atoms with Gasteiger partial charge in [0, 0.05) is 17.5 Å². The van der Waals surface area contributed by atoms with Crippen molar-refractivity contribution in [3.8, 4) is 22.6 Å². The Hall–Kier alpha value is -3.06. The second-order valence-electron chi connectivity index (χ2n) is 6.43. The lowest BCUT2D eigenvalue weighted by atomic mass is 10.0. The zero-order chi connectivity index (χ0) is 18.8. The van der Waals surface area contributed by atoms with E-state index in [-0.39, 0.29) is 25.3 Å². The molecule has 27 heavy (non-hydrogen) atoms. The summed E-state index contributed by atoms with van der Waals surface area (Å²) in [6.07, 6.45) is 0.516. The minimum absolute atomic E-state index is 0.111. The van der Waals surface area contributed by atoms with Gasteiger partial charge in [0.25, 0.3) is 5.91 Å². The summed E-state index contributed by atoms with van der Waals surface area (Å²) in [5.41, 5.74) is 3.17. The van der Waals surface area contributed by atoms with Crippen LogP contribution in [0.15, 0.2) is 47.6 Å². The Balaban J connectivity index is 1.57. The smallest absolute Gasteiger partial charge is 0.254 e. The molecule has 140 valence electrons. The molecule has 0 spiro atoms.